The van der Waals surface area contributed by atoms with E-state index in [9.17, 15) is 13.2 Å². The molecule has 20 heavy (non-hydrogen) atoms. The summed E-state index contributed by atoms with van der Waals surface area (Å²) in [7, 11) is 1.53. The largest absolute Gasteiger partial charge is 0.573 e. The zero-order chi connectivity index (χ0) is 15.4. The molecule has 0 spiro atoms. The molecule has 0 saturated heterocycles. The van der Waals surface area contributed by atoms with Crippen LogP contribution in [0.5, 0.6) is 5.75 Å². The summed E-state index contributed by atoms with van der Waals surface area (Å²) < 4.78 is 46.0. The summed E-state index contributed by atoms with van der Waals surface area (Å²) in [4.78, 5) is 0. The number of nitrogens with two attached hydrogens (primary N) is 1. The van der Waals surface area contributed by atoms with Gasteiger partial charge in [0, 0.05) is 7.11 Å². The molecule has 0 saturated carbocycles. The van der Waals surface area contributed by atoms with Gasteiger partial charge in [0.05, 0.1) is 11.6 Å². The molecule has 0 aliphatic rings. The zero-order valence-corrected chi connectivity index (χ0v) is 11.6. The summed E-state index contributed by atoms with van der Waals surface area (Å²) in [5.41, 5.74) is 2.50. The average molecular weight is 292 g/mol. The normalized spacial score (nSPS) is 16.6. The van der Waals surface area contributed by atoms with Gasteiger partial charge < -0.3 is 9.47 Å². The summed E-state index contributed by atoms with van der Waals surface area (Å²) in [6.45, 7) is 3.73. The highest BCUT2D eigenvalue weighted by atomic mass is 19.4. The molecular weight excluding hydrogens is 273 g/mol. The molecule has 7 heteroatoms. The Bertz CT molecular complexity index is 434. The molecule has 1 aromatic rings. The lowest BCUT2D eigenvalue weighted by molar-refractivity contribution is -0.274. The highest BCUT2D eigenvalue weighted by molar-refractivity contribution is 5.32. The summed E-state index contributed by atoms with van der Waals surface area (Å²) in [5.74, 6) is 5.24. The van der Waals surface area contributed by atoms with Crippen molar-refractivity contribution in [2.24, 2.45) is 5.84 Å². The van der Waals surface area contributed by atoms with Crippen molar-refractivity contribution in [1.29, 1.82) is 0 Å². The number of benzene rings is 1. The van der Waals surface area contributed by atoms with E-state index in [0.29, 0.717) is 12.0 Å². The fourth-order valence-corrected chi connectivity index (χ4v) is 1.98. The first kappa shape index (κ1) is 16.7. The van der Waals surface area contributed by atoms with Gasteiger partial charge in [0.1, 0.15) is 5.75 Å². The molecule has 0 fully saturated rings. The minimum Gasteiger partial charge on any atom is -0.406 e. The number of rotatable bonds is 6. The molecule has 0 aromatic heterocycles. The maximum Gasteiger partial charge on any atom is 0.573 e. The van der Waals surface area contributed by atoms with Gasteiger partial charge in [-0.05, 0) is 31.0 Å². The Morgan fingerprint density at radius 2 is 2.00 bits per heavy atom. The molecule has 2 atom stereocenters. The minimum absolute atomic E-state index is 0.287. The number of ether oxygens (including phenoxy) is 2. The second-order valence-corrected chi connectivity index (χ2v) is 4.59. The quantitative estimate of drug-likeness (QED) is 0.625. The maximum absolute atomic E-state index is 12.2. The molecule has 0 amide bonds. The predicted octanol–water partition coefficient (Wildman–Crippen LogP) is 2.90. The summed E-state index contributed by atoms with van der Waals surface area (Å²) in [6.07, 6.45) is -4.09. The molecule has 3 N–H and O–H groups in total. The molecule has 0 aliphatic carbocycles. The van der Waals surface area contributed by atoms with E-state index in [1.165, 1.54) is 25.3 Å². The lowest BCUT2D eigenvalue weighted by atomic mass is 9.88. The van der Waals surface area contributed by atoms with E-state index in [2.05, 4.69) is 10.2 Å². The van der Waals surface area contributed by atoms with Crippen molar-refractivity contribution in [3.8, 4) is 5.75 Å². The van der Waals surface area contributed by atoms with Crippen LogP contribution in [0.25, 0.3) is 0 Å². The molecule has 0 aliphatic heterocycles. The van der Waals surface area contributed by atoms with Crippen molar-refractivity contribution in [1.82, 2.24) is 5.43 Å². The Labute approximate surface area is 116 Å². The number of nitrogens with one attached hydrogen (secondary N) is 1. The van der Waals surface area contributed by atoms with E-state index in [-0.39, 0.29) is 5.75 Å². The third-order valence-electron chi connectivity index (χ3n) is 3.37. The van der Waals surface area contributed by atoms with Crippen LogP contribution >= 0.6 is 0 Å². The van der Waals surface area contributed by atoms with Crippen LogP contribution < -0.4 is 16.0 Å². The van der Waals surface area contributed by atoms with Crippen LogP contribution in [-0.2, 0) is 4.74 Å². The smallest absolute Gasteiger partial charge is 0.406 e. The highest BCUT2D eigenvalue weighted by Crippen LogP contribution is 2.33. The molecular formula is C13H19F3N2O2. The van der Waals surface area contributed by atoms with Crippen molar-refractivity contribution in [3.63, 3.8) is 0 Å². The van der Waals surface area contributed by atoms with Crippen LogP contribution in [0.2, 0.25) is 0 Å². The Balaban J connectivity index is 3.08. The molecule has 1 aromatic carbocycles. The highest BCUT2D eigenvalue weighted by Gasteiger charge is 2.35. The lowest BCUT2D eigenvalue weighted by Crippen LogP contribution is -2.45. The number of halogens is 3. The minimum atomic E-state index is -4.72. The van der Waals surface area contributed by atoms with Gasteiger partial charge in [0.15, 0.2) is 0 Å². The van der Waals surface area contributed by atoms with Gasteiger partial charge in [0.25, 0.3) is 0 Å². The lowest BCUT2D eigenvalue weighted by Gasteiger charge is -2.35. The van der Waals surface area contributed by atoms with E-state index < -0.39 is 18.0 Å². The third-order valence-corrected chi connectivity index (χ3v) is 3.37. The SMILES string of the molecule is CCC(C)(OC)C(NN)c1cccc(OC(F)(F)F)c1. The fourth-order valence-electron chi connectivity index (χ4n) is 1.98. The van der Waals surface area contributed by atoms with Gasteiger partial charge in [-0.1, -0.05) is 19.1 Å². The number of methoxy groups -OCH3 is 1. The molecule has 1 rings (SSSR count). The Hall–Kier alpha value is -1.31. The van der Waals surface area contributed by atoms with Crippen LogP contribution in [0.4, 0.5) is 13.2 Å². The van der Waals surface area contributed by atoms with Crippen LogP contribution in [0.1, 0.15) is 31.9 Å². The van der Waals surface area contributed by atoms with Crippen LogP contribution in [0.15, 0.2) is 24.3 Å². The van der Waals surface area contributed by atoms with Gasteiger partial charge in [0.2, 0.25) is 0 Å². The summed E-state index contributed by atoms with van der Waals surface area (Å²) >= 11 is 0. The molecule has 114 valence electrons. The number of hydrazine groups is 1. The second-order valence-electron chi connectivity index (χ2n) is 4.59. The van der Waals surface area contributed by atoms with E-state index in [0.717, 1.165) is 0 Å². The van der Waals surface area contributed by atoms with Crippen molar-refractivity contribution >= 4 is 0 Å². The van der Waals surface area contributed by atoms with Gasteiger partial charge in [-0.15, -0.1) is 13.2 Å². The topological polar surface area (TPSA) is 56.5 Å². The second kappa shape index (κ2) is 6.43. The van der Waals surface area contributed by atoms with E-state index in [4.69, 9.17) is 10.6 Å². The Morgan fingerprint density at radius 3 is 2.45 bits per heavy atom. The first-order valence-corrected chi connectivity index (χ1v) is 6.12. The molecule has 0 heterocycles. The van der Waals surface area contributed by atoms with E-state index in [1.54, 1.807) is 6.07 Å². The van der Waals surface area contributed by atoms with Crippen LogP contribution in [0.3, 0.4) is 0 Å². The van der Waals surface area contributed by atoms with Gasteiger partial charge >= 0.3 is 6.36 Å². The molecule has 4 nitrogen and oxygen atoms in total. The summed E-state index contributed by atoms with van der Waals surface area (Å²) in [6, 6.07) is 5.22. The average Bonchev–Trinajstić information content (AvgIpc) is 2.37. The van der Waals surface area contributed by atoms with Crippen molar-refractivity contribution in [2.75, 3.05) is 7.11 Å². The zero-order valence-electron chi connectivity index (χ0n) is 11.6. The Kier molecular flexibility index (Phi) is 5.38. The number of hydrogen-bond acceptors (Lipinski definition) is 4. The van der Waals surface area contributed by atoms with Gasteiger partial charge in [-0.25, -0.2) is 0 Å². The van der Waals surface area contributed by atoms with Crippen molar-refractivity contribution < 1.29 is 22.6 Å². The standard InChI is InChI=1S/C13H19F3N2O2/c1-4-12(2,19-3)11(18-17)9-6-5-7-10(8-9)20-13(14,15)16/h5-8,11,18H,4,17H2,1-3H3. The van der Waals surface area contributed by atoms with Gasteiger partial charge in [-0.2, -0.15) is 0 Å². The van der Waals surface area contributed by atoms with Gasteiger partial charge in [-0.3, -0.25) is 11.3 Å². The van der Waals surface area contributed by atoms with E-state index in [1.807, 2.05) is 13.8 Å². The van der Waals surface area contributed by atoms with Crippen molar-refractivity contribution in [2.45, 2.75) is 38.3 Å². The van der Waals surface area contributed by atoms with E-state index >= 15 is 0 Å². The monoisotopic (exact) mass is 292 g/mol. The summed E-state index contributed by atoms with van der Waals surface area (Å²) in [5, 5.41) is 0. The first-order chi connectivity index (χ1) is 9.25. The van der Waals surface area contributed by atoms with Crippen LogP contribution in [-0.4, -0.2) is 19.1 Å². The Morgan fingerprint density at radius 1 is 1.35 bits per heavy atom. The predicted molar refractivity (Wildman–Crippen MR) is 68.9 cm³/mol. The number of alkyl halides is 3. The van der Waals surface area contributed by atoms with Crippen molar-refractivity contribution in [3.05, 3.63) is 29.8 Å². The molecule has 2 unspecified atom stereocenters. The fraction of sp³-hybridized carbons (Fsp3) is 0.538. The maximum atomic E-state index is 12.2. The molecule has 0 bridgehead atoms. The first-order valence-electron chi connectivity index (χ1n) is 6.12. The molecule has 0 radical (unpaired) electrons. The third kappa shape index (κ3) is 4.09. The van der Waals surface area contributed by atoms with Crippen LogP contribution in [0, 0.1) is 0 Å². The number of hydrogen-bond donors (Lipinski definition) is 2.